The molecule has 1 N–H and O–H groups in total. The van der Waals surface area contributed by atoms with Crippen molar-refractivity contribution < 1.29 is 4.90 Å². The summed E-state index contributed by atoms with van der Waals surface area (Å²) >= 11 is 3.56. The molecule has 0 amide bonds. The van der Waals surface area contributed by atoms with E-state index in [2.05, 4.69) is 77.1 Å². The normalized spacial score (nSPS) is 16.0. The molecular formula is C19H24BrN2+. The predicted molar refractivity (Wildman–Crippen MR) is 96.7 cm³/mol. The second-order valence-corrected chi connectivity index (χ2v) is 7.25. The van der Waals surface area contributed by atoms with Gasteiger partial charge in [-0.3, -0.25) is 0 Å². The van der Waals surface area contributed by atoms with E-state index in [1.165, 1.54) is 39.9 Å². The number of anilines is 1. The van der Waals surface area contributed by atoms with Crippen molar-refractivity contribution in [3.05, 3.63) is 63.6 Å². The van der Waals surface area contributed by atoms with Gasteiger partial charge in [0, 0.05) is 15.7 Å². The minimum absolute atomic E-state index is 1.13. The summed E-state index contributed by atoms with van der Waals surface area (Å²) in [7, 11) is 0. The minimum atomic E-state index is 1.13. The molecule has 0 spiro atoms. The molecule has 3 rings (SSSR count). The van der Waals surface area contributed by atoms with Gasteiger partial charge in [-0.05, 0) is 43.2 Å². The molecule has 1 heterocycles. The first-order valence-corrected chi connectivity index (χ1v) is 8.81. The number of halogens is 1. The number of nitrogens with one attached hydrogen (secondary N) is 1. The monoisotopic (exact) mass is 359 g/mol. The number of rotatable bonds is 3. The number of quaternary nitrogens is 1. The lowest BCUT2D eigenvalue weighted by Gasteiger charge is -2.34. The van der Waals surface area contributed by atoms with Crippen molar-refractivity contribution in [2.75, 3.05) is 31.1 Å². The van der Waals surface area contributed by atoms with Crippen LogP contribution in [0, 0.1) is 13.8 Å². The molecule has 1 fully saturated rings. The molecular weight excluding hydrogens is 336 g/mol. The van der Waals surface area contributed by atoms with Crippen LogP contribution in [0.5, 0.6) is 0 Å². The van der Waals surface area contributed by atoms with Crippen LogP contribution in [0.15, 0.2) is 46.9 Å². The molecule has 0 aliphatic carbocycles. The van der Waals surface area contributed by atoms with Crippen LogP contribution in [-0.2, 0) is 6.54 Å². The van der Waals surface area contributed by atoms with Crippen LogP contribution in [0.4, 0.5) is 5.69 Å². The van der Waals surface area contributed by atoms with E-state index in [0.717, 1.165) is 19.6 Å². The summed E-state index contributed by atoms with van der Waals surface area (Å²) in [5.41, 5.74) is 5.58. The van der Waals surface area contributed by atoms with Gasteiger partial charge in [-0.25, -0.2) is 0 Å². The molecule has 3 heteroatoms. The average Bonchev–Trinajstić information content (AvgIpc) is 2.51. The molecule has 0 aromatic heterocycles. The van der Waals surface area contributed by atoms with Crippen LogP contribution in [0.3, 0.4) is 0 Å². The lowest BCUT2D eigenvalue weighted by molar-refractivity contribution is -0.914. The Morgan fingerprint density at radius 2 is 1.82 bits per heavy atom. The number of aryl methyl sites for hydroxylation is 2. The van der Waals surface area contributed by atoms with Crippen LogP contribution >= 0.6 is 15.9 Å². The number of hydrogen-bond acceptors (Lipinski definition) is 1. The SMILES string of the molecule is Cc1ccc(C)c(N2CC[NH+](Cc3cccc(Br)c3)CC2)c1. The Bertz CT molecular complexity index is 646. The largest absolute Gasteiger partial charge is 0.360 e. The van der Waals surface area contributed by atoms with Crippen molar-refractivity contribution in [2.45, 2.75) is 20.4 Å². The van der Waals surface area contributed by atoms with Crippen LogP contribution in [0.1, 0.15) is 16.7 Å². The van der Waals surface area contributed by atoms with E-state index in [1.807, 2.05) is 0 Å². The number of nitrogens with zero attached hydrogens (tertiary/aromatic N) is 1. The summed E-state index contributed by atoms with van der Waals surface area (Å²) in [6, 6.07) is 15.5. The lowest BCUT2D eigenvalue weighted by atomic mass is 10.1. The maximum absolute atomic E-state index is 3.56. The minimum Gasteiger partial charge on any atom is -0.360 e. The summed E-state index contributed by atoms with van der Waals surface area (Å²) in [5, 5.41) is 0. The highest BCUT2D eigenvalue weighted by molar-refractivity contribution is 9.10. The van der Waals surface area contributed by atoms with Gasteiger partial charge in [0.1, 0.15) is 6.54 Å². The lowest BCUT2D eigenvalue weighted by Crippen LogP contribution is -3.13. The van der Waals surface area contributed by atoms with Gasteiger partial charge in [0.25, 0.3) is 0 Å². The van der Waals surface area contributed by atoms with Crippen molar-refractivity contribution in [1.82, 2.24) is 0 Å². The Morgan fingerprint density at radius 3 is 2.55 bits per heavy atom. The molecule has 1 aliphatic heterocycles. The highest BCUT2D eigenvalue weighted by atomic mass is 79.9. The van der Waals surface area contributed by atoms with Crippen LogP contribution in [-0.4, -0.2) is 26.2 Å². The molecule has 0 atom stereocenters. The standard InChI is InChI=1S/C19H23BrN2/c1-15-6-7-16(2)19(12-15)22-10-8-21(9-11-22)14-17-4-3-5-18(20)13-17/h3-7,12-13H,8-11,14H2,1-2H3/p+1. The zero-order valence-electron chi connectivity index (χ0n) is 13.4. The van der Waals surface area contributed by atoms with Crippen molar-refractivity contribution >= 4 is 21.6 Å². The molecule has 1 aliphatic rings. The van der Waals surface area contributed by atoms with Gasteiger partial charge in [0.05, 0.1) is 26.2 Å². The molecule has 1 saturated heterocycles. The van der Waals surface area contributed by atoms with Gasteiger partial charge in [-0.2, -0.15) is 0 Å². The molecule has 2 nitrogen and oxygen atoms in total. The van der Waals surface area contributed by atoms with Crippen molar-refractivity contribution in [2.24, 2.45) is 0 Å². The van der Waals surface area contributed by atoms with E-state index in [-0.39, 0.29) is 0 Å². The van der Waals surface area contributed by atoms with Gasteiger partial charge in [-0.1, -0.05) is 40.2 Å². The highest BCUT2D eigenvalue weighted by Gasteiger charge is 2.21. The van der Waals surface area contributed by atoms with Crippen molar-refractivity contribution in [1.29, 1.82) is 0 Å². The summed E-state index contributed by atoms with van der Waals surface area (Å²) in [6.45, 7) is 10.2. The molecule has 0 saturated carbocycles. The first-order chi connectivity index (χ1) is 10.6. The fraction of sp³-hybridized carbons (Fsp3) is 0.368. The average molecular weight is 360 g/mol. The first-order valence-electron chi connectivity index (χ1n) is 8.02. The summed E-state index contributed by atoms with van der Waals surface area (Å²) < 4.78 is 1.18. The Hall–Kier alpha value is -1.32. The summed E-state index contributed by atoms with van der Waals surface area (Å²) in [4.78, 5) is 4.23. The zero-order chi connectivity index (χ0) is 15.5. The molecule has 0 radical (unpaired) electrons. The van der Waals surface area contributed by atoms with Gasteiger partial charge < -0.3 is 9.80 Å². The Labute approximate surface area is 141 Å². The topological polar surface area (TPSA) is 7.68 Å². The predicted octanol–water partition coefficient (Wildman–Crippen LogP) is 2.97. The van der Waals surface area contributed by atoms with Gasteiger partial charge >= 0.3 is 0 Å². The van der Waals surface area contributed by atoms with Crippen LogP contribution in [0.2, 0.25) is 0 Å². The third-order valence-electron chi connectivity index (χ3n) is 4.52. The number of hydrogen-bond donors (Lipinski definition) is 1. The van der Waals surface area contributed by atoms with Crippen molar-refractivity contribution in [3.63, 3.8) is 0 Å². The summed E-state index contributed by atoms with van der Waals surface area (Å²) in [6.07, 6.45) is 0. The molecule has 0 bridgehead atoms. The second kappa shape index (κ2) is 6.84. The fourth-order valence-electron chi connectivity index (χ4n) is 3.24. The summed E-state index contributed by atoms with van der Waals surface area (Å²) in [5.74, 6) is 0. The van der Waals surface area contributed by atoms with E-state index in [9.17, 15) is 0 Å². The molecule has 22 heavy (non-hydrogen) atoms. The Morgan fingerprint density at radius 1 is 1.05 bits per heavy atom. The Balaban J connectivity index is 1.61. The smallest absolute Gasteiger partial charge is 0.103 e. The molecule has 116 valence electrons. The maximum Gasteiger partial charge on any atom is 0.103 e. The molecule has 2 aromatic rings. The molecule has 0 unspecified atom stereocenters. The van der Waals surface area contributed by atoms with Gasteiger partial charge in [0.2, 0.25) is 0 Å². The fourth-order valence-corrected chi connectivity index (χ4v) is 3.68. The van der Waals surface area contributed by atoms with Gasteiger partial charge in [-0.15, -0.1) is 0 Å². The third-order valence-corrected chi connectivity index (χ3v) is 5.01. The van der Waals surface area contributed by atoms with E-state index in [1.54, 1.807) is 4.90 Å². The van der Waals surface area contributed by atoms with E-state index >= 15 is 0 Å². The maximum atomic E-state index is 3.56. The number of benzene rings is 2. The van der Waals surface area contributed by atoms with Crippen LogP contribution in [0.25, 0.3) is 0 Å². The van der Waals surface area contributed by atoms with E-state index in [4.69, 9.17) is 0 Å². The molecule has 2 aromatic carbocycles. The zero-order valence-corrected chi connectivity index (χ0v) is 15.0. The Kier molecular flexibility index (Phi) is 4.84. The van der Waals surface area contributed by atoms with Crippen molar-refractivity contribution in [3.8, 4) is 0 Å². The van der Waals surface area contributed by atoms with Crippen LogP contribution < -0.4 is 9.80 Å². The van der Waals surface area contributed by atoms with E-state index in [0.29, 0.717) is 0 Å². The second-order valence-electron chi connectivity index (χ2n) is 6.33. The third kappa shape index (κ3) is 3.71. The quantitative estimate of drug-likeness (QED) is 0.884. The highest BCUT2D eigenvalue weighted by Crippen LogP contribution is 2.21. The van der Waals surface area contributed by atoms with Gasteiger partial charge in [0.15, 0.2) is 0 Å². The first kappa shape index (κ1) is 15.6. The number of piperazine rings is 1. The van der Waals surface area contributed by atoms with E-state index < -0.39 is 0 Å².